The normalized spacial score (nSPS) is 12.1. The summed E-state index contributed by atoms with van der Waals surface area (Å²) in [5.41, 5.74) is 1.44. The van der Waals surface area contributed by atoms with Crippen molar-refractivity contribution in [2.45, 2.75) is 6.54 Å². The van der Waals surface area contributed by atoms with Gasteiger partial charge in [-0.15, -0.1) is 0 Å². The van der Waals surface area contributed by atoms with Gasteiger partial charge in [0.2, 0.25) is 6.79 Å². The van der Waals surface area contributed by atoms with E-state index in [9.17, 15) is 4.79 Å². The molecule has 0 bridgehead atoms. The molecule has 30 heavy (non-hydrogen) atoms. The van der Waals surface area contributed by atoms with Crippen molar-refractivity contribution in [2.75, 3.05) is 13.4 Å². The number of aromatic nitrogens is 1. The third kappa shape index (κ3) is 3.77. The summed E-state index contributed by atoms with van der Waals surface area (Å²) in [4.78, 5) is 12.1. The molecular formula is C23H18N2O5. The van der Waals surface area contributed by atoms with Crippen molar-refractivity contribution in [1.82, 2.24) is 10.5 Å². The Hall–Kier alpha value is -4.00. The number of fused-ring (bicyclic) bond motifs is 2. The Bertz CT molecular complexity index is 1220. The van der Waals surface area contributed by atoms with Crippen molar-refractivity contribution in [1.29, 1.82) is 0 Å². The van der Waals surface area contributed by atoms with Gasteiger partial charge in [-0.1, -0.05) is 35.5 Å². The largest absolute Gasteiger partial charge is 0.484 e. The van der Waals surface area contributed by atoms with Gasteiger partial charge in [-0.25, -0.2) is 0 Å². The van der Waals surface area contributed by atoms with Crippen molar-refractivity contribution in [3.63, 3.8) is 0 Å². The average Bonchev–Trinajstić information content (AvgIpc) is 3.45. The quantitative estimate of drug-likeness (QED) is 0.526. The molecule has 1 aliphatic rings. The van der Waals surface area contributed by atoms with Crippen LogP contribution in [0.15, 0.2) is 71.3 Å². The van der Waals surface area contributed by atoms with Crippen molar-refractivity contribution < 1.29 is 23.5 Å². The lowest BCUT2D eigenvalue weighted by molar-refractivity contribution is -0.123. The zero-order chi connectivity index (χ0) is 20.3. The maximum Gasteiger partial charge on any atom is 0.258 e. The van der Waals surface area contributed by atoms with Gasteiger partial charge in [-0.2, -0.15) is 0 Å². The lowest BCUT2D eigenvalue weighted by Crippen LogP contribution is -2.28. The minimum absolute atomic E-state index is 0.0782. The molecule has 4 aromatic rings. The zero-order valence-electron chi connectivity index (χ0n) is 16.0. The Balaban J connectivity index is 1.16. The minimum atomic E-state index is -0.240. The molecule has 7 nitrogen and oxygen atoms in total. The molecule has 0 fully saturated rings. The number of amides is 1. The number of hydrogen-bond donors (Lipinski definition) is 1. The van der Waals surface area contributed by atoms with Gasteiger partial charge < -0.3 is 24.1 Å². The lowest BCUT2D eigenvalue weighted by Gasteiger charge is -2.07. The molecule has 0 spiro atoms. The molecule has 5 rings (SSSR count). The molecule has 7 heteroatoms. The lowest BCUT2D eigenvalue weighted by atomic mass is 10.1. The molecule has 150 valence electrons. The smallest absolute Gasteiger partial charge is 0.258 e. The van der Waals surface area contributed by atoms with Gasteiger partial charge in [0.05, 0.1) is 6.54 Å². The first-order valence-electron chi connectivity index (χ1n) is 9.48. The van der Waals surface area contributed by atoms with E-state index in [-0.39, 0.29) is 25.9 Å². The van der Waals surface area contributed by atoms with Crippen LogP contribution in [0.4, 0.5) is 0 Å². The fourth-order valence-electron chi connectivity index (χ4n) is 3.23. The van der Waals surface area contributed by atoms with Crippen LogP contribution in [0.1, 0.15) is 5.69 Å². The predicted molar refractivity (Wildman–Crippen MR) is 109 cm³/mol. The van der Waals surface area contributed by atoms with E-state index in [1.165, 1.54) is 0 Å². The van der Waals surface area contributed by atoms with Crippen LogP contribution in [0.3, 0.4) is 0 Å². The first kappa shape index (κ1) is 18.1. The van der Waals surface area contributed by atoms with Crippen molar-refractivity contribution >= 4 is 16.7 Å². The van der Waals surface area contributed by atoms with Gasteiger partial charge in [0.25, 0.3) is 5.91 Å². The van der Waals surface area contributed by atoms with Crippen LogP contribution in [0.5, 0.6) is 17.2 Å². The van der Waals surface area contributed by atoms with E-state index in [1.807, 2.05) is 60.7 Å². The Morgan fingerprint density at radius 3 is 2.77 bits per heavy atom. The molecule has 0 radical (unpaired) electrons. The highest BCUT2D eigenvalue weighted by Crippen LogP contribution is 2.36. The number of carbonyl (C=O) groups excluding carboxylic acids is 1. The molecule has 1 aliphatic heterocycles. The van der Waals surface area contributed by atoms with Crippen LogP contribution in [0.25, 0.3) is 22.1 Å². The van der Waals surface area contributed by atoms with Gasteiger partial charge in [-0.3, -0.25) is 4.79 Å². The standard InChI is InChI=1S/C23H18N2O5/c26-23(13-27-19-7-5-15-3-1-2-4-16(15)9-19)24-12-18-11-21(30-25-18)17-6-8-20-22(10-17)29-14-28-20/h1-11H,12-14H2,(H,24,26). The molecule has 1 N–H and O–H groups in total. The number of hydrogen-bond acceptors (Lipinski definition) is 6. The fourth-order valence-corrected chi connectivity index (χ4v) is 3.23. The number of rotatable bonds is 6. The second kappa shape index (κ2) is 7.79. The zero-order valence-corrected chi connectivity index (χ0v) is 16.0. The van der Waals surface area contributed by atoms with Gasteiger partial charge in [0.15, 0.2) is 23.9 Å². The van der Waals surface area contributed by atoms with Gasteiger partial charge in [0, 0.05) is 11.6 Å². The number of nitrogens with one attached hydrogen (secondary N) is 1. The summed E-state index contributed by atoms with van der Waals surface area (Å²) >= 11 is 0. The molecule has 0 saturated carbocycles. The van der Waals surface area contributed by atoms with Gasteiger partial charge in [0.1, 0.15) is 11.4 Å². The van der Waals surface area contributed by atoms with Crippen LogP contribution < -0.4 is 19.5 Å². The average molecular weight is 402 g/mol. The second-order valence-corrected chi connectivity index (χ2v) is 6.82. The molecular weight excluding hydrogens is 384 g/mol. The summed E-state index contributed by atoms with van der Waals surface area (Å²) < 4.78 is 21.7. The van der Waals surface area contributed by atoms with Crippen molar-refractivity contribution in [3.05, 3.63) is 72.4 Å². The molecule has 0 aliphatic carbocycles. The van der Waals surface area contributed by atoms with Crippen LogP contribution in [-0.2, 0) is 11.3 Å². The summed E-state index contributed by atoms with van der Waals surface area (Å²) in [7, 11) is 0. The molecule has 0 unspecified atom stereocenters. The number of nitrogens with zero attached hydrogens (tertiary/aromatic N) is 1. The Labute approximate surface area is 172 Å². The van der Waals surface area contributed by atoms with Crippen LogP contribution in [-0.4, -0.2) is 24.5 Å². The minimum Gasteiger partial charge on any atom is -0.484 e. The van der Waals surface area contributed by atoms with E-state index >= 15 is 0 Å². The molecule has 0 saturated heterocycles. The summed E-state index contributed by atoms with van der Waals surface area (Å²) in [6.07, 6.45) is 0. The second-order valence-electron chi connectivity index (χ2n) is 6.82. The highest BCUT2D eigenvalue weighted by atomic mass is 16.7. The first-order valence-corrected chi connectivity index (χ1v) is 9.48. The monoisotopic (exact) mass is 402 g/mol. The van der Waals surface area contributed by atoms with Gasteiger partial charge >= 0.3 is 0 Å². The molecule has 3 aromatic carbocycles. The maximum absolute atomic E-state index is 12.1. The Morgan fingerprint density at radius 2 is 1.83 bits per heavy atom. The Morgan fingerprint density at radius 1 is 0.967 bits per heavy atom. The highest BCUT2D eigenvalue weighted by Gasteiger charge is 2.16. The first-order chi connectivity index (χ1) is 14.7. The number of carbonyl (C=O) groups is 1. The maximum atomic E-state index is 12.1. The number of ether oxygens (including phenoxy) is 3. The van der Waals surface area contributed by atoms with E-state index in [2.05, 4.69) is 10.5 Å². The van der Waals surface area contributed by atoms with Crippen LogP contribution in [0, 0.1) is 0 Å². The van der Waals surface area contributed by atoms with E-state index in [1.54, 1.807) is 6.07 Å². The molecule has 1 amide bonds. The van der Waals surface area contributed by atoms with E-state index < -0.39 is 0 Å². The van der Waals surface area contributed by atoms with Gasteiger partial charge in [-0.05, 0) is 41.1 Å². The highest BCUT2D eigenvalue weighted by molar-refractivity contribution is 5.84. The number of benzene rings is 3. The fraction of sp³-hybridized carbons (Fsp3) is 0.130. The predicted octanol–water partition coefficient (Wildman–Crippen LogP) is 3.92. The third-order valence-corrected chi connectivity index (χ3v) is 4.77. The Kier molecular flexibility index (Phi) is 4.69. The molecule has 2 heterocycles. The van der Waals surface area contributed by atoms with E-state index in [0.717, 1.165) is 16.3 Å². The van der Waals surface area contributed by atoms with Crippen LogP contribution in [0.2, 0.25) is 0 Å². The summed E-state index contributed by atoms with van der Waals surface area (Å²) in [5.74, 6) is 2.37. The summed E-state index contributed by atoms with van der Waals surface area (Å²) in [6.45, 7) is 0.382. The van der Waals surface area contributed by atoms with Crippen LogP contribution >= 0.6 is 0 Å². The summed E-state index contributed by atoms with van der Waals surface area (Å²) in [6, 6.07) is 21.0. The topological polar surface area (TPSA) is 82.8 Å². The third-order valence-electron chi connectivity index (χ3n) is 4.77. The molecule has 0 atom stereocenters. The summed E-state index contributed by atoms with van der Waals surface area (Å²) in [5, 5.41) is 8.98. The van der Waals surface area contributed by atoms with Crippen molar-refractivity contribution in [3.8, 4) is 28.6 Å². The SMILES string of the molecule is O=C(COc1ccc2ccccc2c1)NCc1cc(-c2ccc3c(c2)OCO3)on1. The van der Waals surface area contributed by atoms with E-state index in [0.29, 0.717) is 28.7 Å². The van der Waals surface area contributed by atoms with Crippen molar-refractivity contribution in [2.24, 2.45) is 0 Å². The molecule has 1 aromatic heterocycles. The van der Waals surface area contributed by atoms with E-state index in [4.69, 9.17) is 18.7 Å².